The lowest BCUT2D eigenvalue weighted by molar-refractivity contribution is -0.128. The van der Waals surface area contributed by atoms with Gasteiger partial charge in [-0.1, -0.05) is 6.42 Å². The molecule has 0 spiro atoms. The van der Waals surface area contributed by atoms with Gasteiger partial charge in [-0.05, 0) is 39.5 Å². The van der Waals surface area contributed by atoms with Crippen molar-refractivity contribution in [2.75, 3.05) is 0 Å². The summed E-state index contributed by atoms with van der Waals surface area (Å²) in [5.41, 5.74) is -0.534. The van der Waals surface area contributed by atoms with E-state index in [2.05, 4.69) is 0 Å². The summed E-state index contributed by atoms with van der Waals surface area (Å²) in [5.74, 6) is 0.309. The van der Waals surface area contributed by atoms with Gasteiger partial charge >= 0.3 is 6.09 Å². The molecule has 1 aliphatic heterocycles. The zero-order chi connectivity index (χ0) is 11.9. The molecule has 0 N–H and O–H groups in total. The van der Waals surface area contributed by atoms with E-state index in [1.165, 1.54) is 4.90 Å². The van der Waals surface area contributed by atoms with Gasteiger partial charge in [-0.15, -0.1) is 0 Å². The molecule has 16 heavy (non-hydrogen) atoms. The number of likely N-dealkylation sites (tertiary alicyclic amines) is 1. The summed E-state index contributed by atoms with van der Waals surface area (Å²) in [6, 6.07) is 0.0994. The van der Waals surface area contributed by atoms with Gasteiger partial charge < -0.3 is 4.74 Å². The zero-order valence-electron chi connectivity index (χ0n) is 10.2. The molecule has 0 aromatic carbocycles. The van der Waals surface area contributed by atoms with Crippen LogP contribution in [-0.4, -0.2) is 28.5 Å². The molecule has 2 aliphatic rings. The van der Waals surface area contributed by atoms with Crippen LogP contribution in [0.2, 0.25) is 0 Å². The summed E-state index contributed by atoms with van der Waals surface area (Å²) in [4.78, 5) is 25.0. The molecule has 0 aromatic rings. The minimum absolute atomic E-state index is 0.0658. The molecule has 2 fully saturated rings. The van der Waals surface area contributed by atoms with Crippen LogP contribution in [0.3, 0.4) is 0 Å². The monoisotopic (exact) mass is 225 g/mol. The van der Waals surface area contributed by atoms with Crippen molar-refractivity contribution in [1.29, 1.82) is 0 Å². The topological polar surface area (TPSA) is 46.6 Å². The third-order valence-electron chi connectivity index (χ3n) is 3.25. The molecule has 4 nitrogen and oxygen atoms in total. The highest BCUT2D eigenvalue weighted by Gasteiger charge is 2.46. The standard InChI is InChI=1S/C12H19NO3/c1-12(2,3)16-11(15)13-9-6-4-5-8(9)7-10(13)14/h8-9H,4-7H2,1-3H3/t8-,9-/m1/s1. The first-order valence-corrected chi connectivity index (χ1v) is 5.93. The summed E-state index contributed by atoms with van der Waals surface area (Å²) in [6.45, 7) is 5.45. The fourth-order valence-electron chi connectivity index (χ4n) is 2.65. The second kappa shape index (κ2) is 3.75. The number of fused-ring (bicyclic) bond motifs is 1. The van der Waals surface area contributed by atoms with E-state index in [1.807, 2.05) is 20.8 Å². The highest BCUT2D eigenvalue weighted by atomic mass is 16.6. The maximum absolute atomic E-state index is 11.9. The maximum atomic E-state index is 11.9. The van der Waals surface area contributed by atoms with Gasteiger partial charge in [0, 0.05) is 12.5 Å². The normalized spacial score (nSPS) is 29.4. The van der Waals surface area contributed by atoms with Crippen LogP contribution in [-0.2, 0) is 9.53 Å². The molecule has 1 saturated heterocycles. The molecule has 1 saturated carbocycles. The van der Waals surface area contributed by atoms with E-state index in [-0.39, 0.29) is 11.9 Å². The van der Waals surface area contributed by atoms with Crippen molar-refractivity contribution >= 4 is 12.0 Å². The van der Waals surface area contributed by atoms with Crippen LogP contribution in [0.1, 0.15) is 46.5 Å². The Bertz CT molecular complexity index is 319. The molecule has 2 rings (SSSR count). The molecule has 1 aliphatic carbocycles. The van der Waals surface area contributed by atoms with Crippen molar-refractivity contribution in [1.82, 2.24) is 4.90 Å². The summed E-state index contributed by atoms with van der Waals surface area (Å²) in [5, 5.41) is 0. The smallest absolute Gasteiger partial charge is 0.417 e. The van der Waals surface area contributed by atoms with Crippen LogP contribution < -0.4 is 0 Å². The van der Waals surface area contributed by atoms with Gasteiger partial charge in [0.15, 0.2) is 0 Å². The number of nitrogens with zero attached hydrogens (tertiary/aromatic N) is 1. The number of rotatable bonds is 0. The number of hydrogen-bond donors (Lipinski definition) is 0. The van der Waals surface area contributed by atoms with Crippen LogP contribution in [0.5, 0.6) is 0 Å². The largest absolute Gasteiger partial charge is 0.443 e. The first kappa shape index (κ1) is 11.4. The molecule has 0 bridgehead atoms. The molecule has 2 amide bonds. The predicted octanol–water partition coefficient (Wildman–Crippen LogP) is 2.32. The third kappa shape index (κ3) is 2.06. The summed E-state index contributed by atoms with van der Waals surface area (Å²) < 4.78 is 5.27. The SMILES string of the molecule is CC(C)(C)OC(=O)N1C(=O)C[C@H]2CCC[C@H]21. The van der Waals surface area contributed by atoms with Crippen molar-refractivity contribution in [2.24, 2.45) is 5.92 Å². The molecular formula is C12H19NO3. The molecular weight excluding hydrogens is 206 g/mol. The van der Waals surface area contributed by atoms with Crippen LogP contribution >= 0.6 is 0 Å². The number of amides is 2. The average Bonchev–Trinajstić information content (AvgIpc) is 2.58. The molecule has 1 heterocycles. The van der Waals surface area contributed by atoms with E-state index in [1.54, 1.807) is 0 Å². The van der Waals surface area contributed by atoms with Crippen molar-refractivity contribution in [2.45, 2.75) is 58.1 Å². The van der Waals surface area contributed by atoms with Gasteiger partial charge in [-0.3, -0.25) is 4.79 Å². The molecule has 0 aromatic heterocycles. The Morgan fingerprint density at radius 1 is 1.38 bits per heavy atom. The third-order valence-corrected chi connectivity index (χ3v) is 3.25. The molecule has 0 radical (unpaired) electrons. The molecule has 0 unspecified atom stereocenters. The average molecular weight is 225 g/mol. The molecule has 90 valence electrons. The Morgan fingerprint density at radius 2 is 2.06 bits per heavy atom. The first-order valence-electron chi connectivity index (χ1n) is 5.93. The predicted molar refractivity (Wildman–Crippen MR) is 58.8 cm³/mol. The minimum Gasteiger partial charge on any atom is -0.443 e. The van der Waals surface area contributed by atoms with E-state index in [0.29, 0.717) is 12.3 Å². The molecule has 2 atom stereocenters. The Labute approximate surface area is 95.9 Å². The number of ether oxygens (including phenoxy) is 1. The number of hydrogen-bond acceptors (Lipinski definition) is 3. The lowest BCUT2D eigenvalue weighted by atomic mass is 10.0. The van der Waals surface area contributed by atoms with Gasteiger partial charge in [0.1, 0.15) is 5.60 Å². The Morgan fingerprint density at radius 3 is 2.69 bits per heavy atom. The first-order chi connectivity index (χ1) is 7.38. The Kier molecular flexibility index (Phi) is 2.68. The highest BCUT2D eigenvalue weighted by Crippen LogP contribution is 2.39. The fraction of sp³-hybridized carbons (Fsp3) is 0.833. The number of carbonyl (C=O) groups is 2. The van der Waals surface area contributed by atoms with Gasteiger partial charge in [0.05, 0.1) is 0 Å². The second-order valence-corrected chi connectivity index (χ2v) is 5.71. The van der Waals surface area contributed by atoms with E-state index < -0.39 is 11.7 Å². The van der Waals surface area contributed by atoms with Crippen LogP contribution in [0.15, 0.2) is 0 Å². The Balaban J connectivity index is 2.08. The van der Waals surface area contributed by atoms with E-state index in [4.69, 9.17) is 4.74 Å². The highest BCUT2D eigenvalue weighted by molar-refractivity contribution is 5.94. The zero-order valence-corrected chi connectivity index (χ0v) is 10.2. The number of carbonyl (C=O) groups excluding carboxylic acids is 2. The van der Waals surface area contributed by atoms with Crippen molar-refractivity contribution in [3.05, 3.63) is 0 Å². The quantitative estimate of drug-likeness (QED) is 0.635. The maximum Gasteiger partial charge on any atom is 0.417 e. The molecule has 4 heteroatoms. The van der Waals surface area contributed by atoms with E-state index in [0.717, 1.165) is 19.3 Å². The van der Waals surface area contributed by atoms with Gasteiger partial charge in [-0.25, -0.2) is 9.69 Å². The van der Waals surface area contributed by atoms with Gasteiger partial charge in [-0.2, -0.15) is 0 Å². The van der Waals surface area contributed by atoms with Crippen molar-refractivity contribution in [3.8, 4) is 0 Å². The van der Waals surface area contributed by atoms with Gasteiger partial charge in [0.25, 0.3) is 0 Å². The van der Waals surface area contributed by atoms with Crippen molar-refractivity contribution in [3.63, 3.8) is 0 Å². The van der Waals surface area contributed by atoms with Crippen LogP contribution in [0.4, 0.5) is 4.79 Å². The lowest BCUT2D eigenvalue weighted by Crippen LogP contribution is -2.42. The van der Waals surface area contributed by atoms with Crippen LogP contribution in [0.25, 0.3) is 0 Å². The van der Waals surface area contributed by atoms with E-state index >= 15 is 0 Å². The summed E-state index contributed by atoms with van der Waals surface area (Å²) >= 11 is 0. The van der Waals surface area contributed by atoms with Gasteiger partial charge in [0.2, 0.25) is 5.91 Å². The number of imide groups is 1. The fourth-order valence-corrected chi connectivity index (χ4v) is 2.65. The summed E-state index contributed by atoms with van der Waals surface area (Å²) in [6.07, 6.45) is 3.17. The Hall–Kier alpha value is -1.06. The van der Waals surface area contributed by atoms with Crippen molar-refractivity contribution < 1.29 is 14.3 Å². The summed E-state index contributed by atoms with van der Waals surface area (Å²) in [7, 11) is 0. The lowest BCUT2D eigenvalue weighted by Gasteiger charge is -2.26. The second-order valence-electron chi connectivity index (χ2n) is 5.71. The minimum atomic E-state index is -0.534. The van der Waals surface area contributed by atoms with Crippen LogP contribution in [0, 0.1) is 5.92 Å². The van der Waals surface area contributed by atoms with E-state index in [9.17, 15) is 9.59 Å².